The van der Waals surface area contributed by atoms with Crippen molar-refractivity contribution in [1.82, 2.24) is 10.4 Å². The third-order valence-corrected chi connectivity index (χ3v) is 5.15. The van der Waals surface area contributed by atoms with Gasteiger partial charge in [0.2, 0.25) is 6.79 Å². The molecule has 0 unspecified atom stereocenters. The minimum Gasteiger partial charge on any atom is -0.454 e. The van der Waals surface area contributed by atoms with Crippen LogP contribution < -0.4 is 15.0 Å². The van der Waals surface area contributed by atoms with Crippen molar-refractivity contribution in [2.45, 2.75) is 18.6 Å². The van der Waals surface area contributed by atoms with E-state index in [0.29, 0.717) is 43.0 Å². The number of carbonyl (C=O) groups is 1. The minimum atomic E-state index is -0.600. The van der Waals surface area contributed by atoms with Gasteiger partial charge in [-0.25, -0.2) is 15.3 Å². The number of carbonyl (C=O) groups excluding carboxylic acids is 1. The maximum absolute atomic E-state index is 12.8. The molecule has 3 heterocycles. The molecule has 1 amide bonds. The largest absolute Gasteiger partial charge is 0.454 e. The van der Waals surface area contributed by atoms with Gasteiger partial charge in [0, 0.05) is 37.1 Å². The SMILES string of the molecule is O=C(c1ccc2c(c1)OCO2)N1CCC2(CC1)N=C(c1ccccc1)NO2. The van der Waals surface area contributed by atoms with Gasteiger partial charge in [-0.15, -0.1) is 0 Å². The van der Waals surface area contributed by atoms with Gasteiger partial charge in [0.1, 0.15) is 0 Å². The van der Waals surface area contributed by atoms with E-state index in [1.807, 2.05) is 35.2 Å². The molecule has 1 spiro atoms. The molecule has 0 aromatic heterocycles. The van der Waals surface area contributed by atoms with Crippen molar-refractivity contribution in [3.63, 3.8) is 0 Å². The second-order valence-corrected chi connectivity index (χ2v) is 6.84. The van der Waals surface area contributed by atoms with Crippen LogP contribution >= 0.6 is 0 Å². The van der Waals surface area contributed by atoms with Crippen LogP contribution in [0.5, 0.6) is 11.5 Å². The zero-order valence-corrected chi connectivity index (χ0v) is 14.7. The normalized spacial score (nSPS) is 19.7. The lowest BCUT2D eigenvalue weighted by molar-refractivity contribution is -0.0849. The van der Waals surface area contributed by atoms with Gasteiger partial charge in [0.15, 0.2) is 23.1 Å². The summed E-state index contributed by atoms with van der Waals surface area (Å²) in [5.74, 6) is 2.03. The summed E-state index contributed by atoms with van der Waals surface area (Å²) in [6.45, 7) is 1.37. The van der Waals surface area contributed by atoms with E-state index in [1.165, 1.54) is 0 Å². The van der Waals surface area contributed by atoms with Gasteiger partial charge in [0.25, 0.3) is 5.91 Å². The fourth-order valence-electron chi connectivity index (χ4n) is 3.60. The van der Waals surface area contributed by atoms with E-state index >= 15 is 0 Å². The van der Waals surface area contributed by atoms with E-state index in [-0.39, 0.29) is 12.7 Å². The molecule has 0 atom stereocenters. The first-order valence-corrected chi connectivity index (χ1v) is 9.01. The van der Waals surface area contributed by atoms with Gasteiger partial charge in [-0.3, -0.25) is 4.79 Å². The summed E-state index contributed by atoms with van der Waals surface area (Å²) >= 11 is 0. The lowest BCUT2D eigenvalue weighted by Gasteiger charge is -2.35. The second kappa shape index (κ2) is 6.28. The molecule has 1 fully saturated rings. The predicted octanol–water partition coefficient (Wildman–Crippen LogP) is 2.33. The number of nitrogens with one attached hydrogen (secondary N) is 1. The van der Waals surface area contributed by atoms with E-state index in [9.17, 15) is 4.79 Å². The van der Waals surface area contributed by atoms with Crippen LogP contribution in [-0.2, 0) is 4.84 Å². The Bertz CT molecular complexity index is 905. The van der Waals surface area contributed by atoms with Gasteiger partial charge in [0.05, 0.1) is 0 Å². The van der Waals surface area contributed by atoms with Gasteiger partial charge >= 0.3 is 0 Å². The number of amidine groups is 1. The monoisotopic (exact) mass is 365 g/mol. The van der Waals surface area contributed by atoms with E-state index < -0.39 is 5.72 Å². The van der Waals surface area contributed by atoms with Crippen LogP contribution in [-0.4, -0.2) is 42.3 Å². The van der Waals surface area contributed by atoms with Gasteiger partial charge in [-0.1, -0.05) is 30.3 Å². The highest BCUT2D eigenvalue weighted by molar-refractivity contribution is 5.99. The van der Waals surface area contributed by atoms with E-state index in [0.717, 1.165) is 11.4 Å². The van der Waals surface area contributed by atoms with Crippen molar-refractivity contribution in [3.05, 3.63) is 59.7 Å². The number of likely N-dealkylation sites (tertiary alicyclic amines) is 1. The Kier molecular flexibility index (Phi) is 3.75. The maximum atomic E-state index is 12.8. The molecule has 7 nitrogen and oxygen atoms in total. The van der Waals surface area contributed by atoms with Crippen molar-refractivity contribution in [2.75, 3.05) is 19.9 Å². The van der Waals surface area contributed by atoms with Crippen LogP contribution in [0.4, 0.5) is 0 Å². The highest BCUT2D eigenvalue weighted by atomic mass is 16.7. The topological polar surface area (TPSA) is 72.4 Å². The first kappa shape index (κ1) is 16.1. The zero-order chi connectivity index (χ0) is 18.3. The number of benzene rings is 2. The summed E-state index contributed by atoms with van der Waals surface area (Å²) in [5.41, 5.74) is 3.95. The molecule has 0 radical (unpaired) electrons. The molecule has 0 aliphatic carbocycles. The molecule has 3 aliphatic rings. The summed E-state index contributed by atoms with van der Waals surface area (Å²) in [4.78, 5) is 25.2. The predicted molar refractivity (Wildman–Crippen MR) is 97.6 cm³/mol. The lowest BCUT2D eigenvalue weighted by Crippen LogP contribution is -2.46. The van der Waals surface area contributed by atoms with Crippen molar-refractivity contribution in [1.29, 1.82) is 0 Å². The molecular weight excluding hydrogens is 346 g/mol. The summed E-state index contributed by atoms with van der Waals surface area (Å²) in [6, 6.07) is 15.2. The van der Waals surface area contributed by atoms with Gasteiger partial charge < -0.3 is 14.4 Å². The Morgan fingerprint density at radius 3 is 2.63 bits per heavy atom. The average Bonchev–Trinajstić information content (AvgIpc) is 3.35. The summed E-state index contributed by atoms with van der Waals surface area (Å²) in [6.07, 6.45) is 1.29. The Hall–Kier alpha value is -3.06. The van der Waals surface area contributed by atoms with Crippen LogP contribution in [0, 0.1) is 0 Å². The smallest absolute Gasteiger partial charge is 0.253 e. The third kappa shape index (κ3) is 2.90. The minimum absolute atomic E-state index is 0.0126. The number of hydrogen-bond acceptors (Lipinski definition) is 6. The third-order valence-electron chi connectivity index (χ3n) is 5.15. The van der Waals surface area contributed by atoms with Crippen molar-refractivity contribution in [2.24, 2.45) is 4.99 Å². The van der Waals surface area contributed by atoms with E-state index in [1.54, 1.807) is 18.2 Å². The second-order valence-electron chi connectivity index (χ2n) is 6.84. The number of nitrogens with zero attached hydrogens (tertiary/aromatic N) is 2. The molecule has 3 aliphatic heterocycles. The molecule has 0 saturated carbocycles. The Morgan fingerprint density at radius 1 is 1.04 bits per heavy atom. The first-order chi connectivity index (χ1) is 13.2. The number of hydrogen-bond donors (Lipinski definition) is 1. The molecule has 1 saturated heterocycles. The summed E-state index contributed by atoms with van der Waals surface area (Å²) < 4.78 is 10.7. The van der Waals surface area contributed by atoms with Crippen LogP contribution in [0.2, 0.25) is 0 Å². The standard InChI is InChI=1S/C20H19N3O4/c24-19(15-6-7-16-17(12-15)26-13-25-16)23-10-8-20(9-11-23)21-18(22-27-20)14-4-2-1-3-5-14/h1-7,12H,8-11,13H2,(H,21,22). The van der Waals surface area contributed by atoms with Crippen LogP contribution in [0.15, 0.2) is 53.5 Å². The molecule has 7 heteroatoms. The van der Waals surface area contributed by atoms with Crippen molar-refractivity contribution in [3.8, 4) is 11.5 Å². The maximum Gasteiger partial charge on any atom is 0.253 e. The molecule has 2 aromatic carbocycles. The van der Waals surface area contributed by atoms with Crippen molar-refractivity contribution < 1.29 is 19.1 Å². The highest BCUT2D eigenvalue weighted by Gasteiger charge is 2.41. The molecule has 1 N–H and O–H groups in total. The number of amides is 1. The Balaban J connectivity index is 1.28. The number of ether oxygens (including phenoxy) is 2. The number of piperidine rings is 1. The molecule has 138 valence electrons. The highest BCUT2D eigenvalue weighted by Crippen LogP contribution is 2.34. The zero-order valence-electron chi connectivity index (χ0n) is 14.7. The van der Waals surface area contributed by atoms with Gasteiger partial charge in [-0.05, 0) is 18.2 Å². The van der Waals surface area contributed by atoms with Gasteiger partial charge in [-0.2, -0.15) is 0 Å². The van der Waals surface area contributed by atoms with E-state index in [2.05, 4.69) is 5.48 Å². The quantitative estimate of drug-likeness (QED) is 0.884. The first-order valence-electron chi connectivity index (χ1n) is 9.01. The number of rotatable bonds is 2. The molecule has 5 rings (SSSR count). The fraction of sp³-hybridized carbons (Fsp3) is 0.300. The molecule has 27 heavy (non-hydrogen) atoms. The Labute approximate surface area is 156 Å². The number of hydroxylamine groups is 1. The average molecular weight is 365 g/mol. The molecule has 2 aromatic rings. The van der Waals surface area contributed by atoms with Crippen LogP contribution in [0.25, 0.3) is 0 Å². The molecular formula is C20H19N3O4. The summed E-state index contributed by atoms with van der Waals surface area (Å²) in [7, 11) is 0. The van der Waals surface area contributed by atoms with Crippen LogP contribution in [0.3, 0.4) is 0 Å². The number of fused-ring (bicyclic) bond motifs is 1. The van der Waals surface area contributed by atoms with E-state index in [4.69, 9.17) is 19.3 Å². The van der Waals surface area contributed by atoms with Crippen molar-refractivity contribution >= 4 is 11.7 Å². The fourth-order valence-corrected chi connectivity index (χ4v) is 3.60. The number of aliphatic imine (C=N–C) groups is 1. The summed E-state index contributed by atoms with van der Waals surface area (Å²) in [5, 5.41) is 0. The molecule has 0 bridgehead atoms. The Morgan fingerprint density at radius 2 is 1.81 bits per heavy atom. The van der Waals surface area contributed by atoms with Crippen LogP contribution in [0.1, 0.15) is 28.8 Å². The lowest BCUT2D eigenvalue weighted by atomic mass is 10.00.